The number of hydrogen-bond acceptors (Lipinski definition) is 5. The molecule has 17 heavy (non-hydrogen) atoms. The van der Waals surface area contributed by atoms with Gasteiger partial charge in [-0.1, -0.05) is 23.2 Å². The van der Waals surface area contributed by atoms with Crippen molar-refractivity contribution in [1.82, 2.24) is 0 Å². The molecule has 1 aromatic heterocycles. The van der Waals surface area contributed by atoms with Crippen LogP contribution in [0.2, 0.25) is 0 Å². The van der Waals surface area contributed by atoms with Gasteiger partial charge in [-0.2, -0.15) is 0 Å². The van der Waals surface area contributed by atoms with Gasteiger partial charge < -0.3 is 4.74 Å². The lowest BCUT2D eigenvalue weighted by Gasteiger charge is -2.08. The van der Waals surface area contributed by atoms with Gasteiger partial charge in [-0.15, -0.1) is 11.3 Å². The number of hydrogen-bond donors (Lipinski definition) is 0. The first-order valence-electron chi connectivity index (χ1n) is 4.34. The maximum Gasteiger partial charge on any atom is 0.348 e. The van der Waals surface area contributed by atoms with Gasteiger partial charge in [0.15, 0.2) is 0 Å². The van der Waals surface area contributed by atoms with Crippen LogP contribution in [-0.4, -0.2) is 24.6 Å². The van der Waals surface area contributed by atoms with E-state index in [9.17, 15) is 14.4 Å². The maximum absolute atomic E-state index is 11.7. The number of carbonyl (C=O) groups excluding carboxylic acids is 3. The van der Waals surface area contributed by atoms with E-state index in [1.165, 1.54) is 13.2 Å². The first-order chi connectivity index (χ1) is 7.97. The summed E-state index contributed by atoms with van der Waals surface area (Å²) >= 11 is 12.1. The highest BCUT2D eigenvalue weighted by atomic mass is 35.5. The lowest BCUT2D eigenvalue weighted by atomic mass is 10.0. The number of thiophene rings is 1. The summed E-state index contributed by atoms with van der Waals surface area (Å²) in [7, 11) is 1.21. The van der Waals surface area contributed by atoms with Crippen LogP contribution in [0.3, 0.4) is 0 Å². The molecule has 0 amide bonds. The van der Waals surface area contributed by atoms with Crippen molar-refractivity contribution in [3.05, 3.63) is 31.4 Å². The fourth-order valence-corrected chi connectivity index (χ4v) is 2.79. The van der Waals surface area contributed by atoms with Gasteiger partial charge >= 0.3 is 5.97 Å². The number of halogens is 2. The minimum Gasteiger partial charge on any atom is -0.465 e. The van der Waals surface area contributed by atoms with Crippen molar-refractivity contribution in [3.63, 3.8) is 0 Å². The van der Waals surface area contributed by atoms with Gasteiger partial charge in [-0.05, 0) is 6.07 Å². The Kier molecular flexibility index (Phi) is 3.07. The highest BCUT2D eigenvalue weighted by Gasteiger charge is 2.33. The van der Waals surface area contributed by atoms with E-state index >= 15 is 0 Å². The first-order valence-corrected chi connectivity index (χ1v) is 5.91. The molecule has 4 nitrogen and oxygen atoms in total. The van der Waals surface area contributed by atoms with Gasteiger partial charge in [0, 0.05) is 5.56 Å². The van der Waals surface area contributed by atoms with Crippen LogP contribution in [0.5, 0.6) is 0 Å². The molecule has 1 aliphatic carbocycles. The van der Waals surface area contributed by atoms with E-state index in [2.05, 4.69) is 4.74 Å². The van der Waals surface area contributed by atoms with E-state index in [1.54, 1.807) is 0 Å². The lowest BCUT2D eigenvalue weighted by molar-refractivity contribution is 0.0606. The molecule has 0 aliphatic heterocycles. The average Bonchev–Trinajstić information content (AvgIpc) is 2.77. The van der Waals surface area contributed by atoms with Crippen LogP contribution in [0.25, 0.3) is 0 Å². The second-order valence-corrected chi connectivity index (χ2v) is 4.94. The Balaban J connectivity index is 2.59. The van der Waals surface area contributed by atoms with Crippen molar-refractivity contribution in [2.24, 2.45) is 0 Å². The normalized spacial score (nSPS) is 15.0. The zero-order valence-corrected chi connectivity index (χ0v) is 10.7. The molecule has 0 atom stereocenters. The summed E-state index contributed by atoms with van der Waals surface area (Å²) in [5.41, 5.74) is 0.0924. The molecule has 7 heteroatoms. The Morgan fingerprint density at radius 2 is 1.82 bits per heavy atom. The van der Waals surface area contributed by atoms with Crippen molar-refractivity contribution >= 4 is 52.1 Å². The average molecular weight is 291 g/mol. The summed E-state index contributed by atoms with van der Waals surface area (Å²) < 4.78 is 4.51. The maximum atomic E-state index is 11.7. The Morgan fingerprint density at radius 1 is 1.24 bits per heavy atom. The molecule has 1 heterocycles. The van der Waals surface area contributed by atoms with Crippen LogP contribution in [0, 0.1) is 0 Å². The van der Waals surface area contributed by atoms with Gasteiger partial charge in [-0.3, -0.25) is 9.59 Å². The Hall–Kier alpha value is -1.17. The second-order valence-electron chi connectivity index (χ2n) is 3.13. The van der Waals surface area contributed by atoms with Crippen molar-refractivity contribution in [3.8, 4) is 0 Å². The van der Waals surface area contributed by atoms with Gasteiger partial charge in [-0.25, -0.2) is 4.79 Å². The zero-order valence-electron chi connectivity index (χ0n) is 8.37. The number of carbonyl (C=O) groups is 3. The molecule has 0 bridgehead atoms. The topological polar surface area (TPSA) is 60.4 Å². The third-order valence-electron chi connectivity index (χ3n) is 2.16. The molecule has 2 rings (SSSR count). The second kappa shape index (κ2) is 4.25. The highest BCUT2D eigenvalue weighted by Crippen LogP contribution is 2.35. The van der Waals surface area contributed by atoms with Gasteiger partial charge in [0.2, 0.25) is 11.6 Å². The summed E-state index contributed by atoms with van der Waals surface area (Å²) in [5, 5.41) is -0.638. The predicted octanol–water partition coefficient (Wildman–Crippen LogP) is 2.60. The zero-order chi connectivity index (χ0) is 12.7. The smallest absolute Gasteiger partial charge is 0.348 e. The molecule has 0 aromatic carbocycles. The number of Topliss-reactive ketones (excluding diaryl/α,β-unsaturated/α-hetero) is 2. The van der Waals surface area contributed by atoms with E-state index in [4.69, 9.17) is 23.2 Å². The molecule has 0 saturated heterocycles. The Labute approximate surface area is 110 Å². The third-order valence-corrected chi connectivity index (χ3v) is 4.09. The monoisotopic (exact) mass is 290 g/mol. The molecule has 0 fully saturated rings. The van der Waals surface area contributed by atoms with Crippen molar-refractivity contribution < 1.29 is 19.1 Å². The Morgan fingerprint density at radius 3 is 2.41 bits per heavy atom. The third kappa shape index (κ3) is 1.80. The summed E-state index contributed by atoms with van der Waals surface area (Å²) in [4.78, 5) is 35.0. The van der Waals surface area contributed by atoms with E-state index in [0.717, 1.165) is 11.3 Å². The molecular weight excluding hydrogens is 287 g/mol. The minimum absolute atomic E-state index is 0.0924. The summed E-state index contributed by atoms with van der Waals surface area (Å²) in [6.45, 7) is 0. The van der Waals surface area contributed by atoms with Crippen molar-refractivity contribution in [2.45, 2.75) is 0 Å². The lowest BCUT2D eigenvalue weighted by Crippen LogP contribution is -2.14. The van der Waals surface area contributed by atoms with Gasteiger partial charge in [0.1, 0.15) is 14.9 Å². The van der Waals surface area contributed by atoms with Crippen LogP contribution in [0.15, 0.2) is 16.1 Å². The molecular formula is C10H4Cl2O4S. The summed E-state index contributed by atoms with van der Waals surface area (Å²) in [5.74, 6) is -1.72. The quantitative estimate of drug-likeness (QED) is 0.746. The minimum atomic E-state index is -0.614. The van der Waals surface area contributed by atoms with Crippen LogP contribution >= 0.6 is 34.5 Å². The number of methoxy groups -OCH3 is 1. The van der Waals surface area contributed by atoms with E-state index < -0.39 is 17.5 Å². The van der Waals surface area contributed by atoms with Crippen molar-refractivity contribution in [1.29, 1.82) is 0 Å². The fraction of sp³-hybridized carbons (Fsp3) is 0.100. The van der Waals surface area contributed by atoms with E-state index in [-0.39, 0.29) is 25.4 Å². The molecule has 88 valence electrons. The Bertz CT molecular complexity index is 544. The number of fused-ring (bicyclic) bond motifs is 1. The standard InChI is InChI=1S/C10H4Cl2O4S/c1-16-10(15)4-2-3-7(13)5(11)6(12)8(14)9(3)17-4/h2H,1H3. The summed E-state index contributed by atoms with van der Waals surface area (Å²) in [6.07, 6.45) is 0. The summed E-state index contributed by atoms with van der Waals surface area (Å²) in [6, 6.07) is 1.29. The van der Waals surface area contributed by atoms with E-state index in [0.29, 0.717) is 0 Å². The molecule has 0 radical (unpaired) electrons. The number of ketones is 2. The molecule has 1 aromatic rings. The van der Waals surface area contributed by atoms with Gasteiger partial charge in [0.05, 0.1) is 12.0 Å². The molecule has 1 aliphatic rings. The van der Waals surface area contributed by atoms with Crippen LogP contribution in [0.4, 0.5) is 0 Å². The number of allylic oxidation sites excluding steroid dienone is 2. The fourth-order valence-electron chi connectivity index (χ4n) is 1.35. The predicted molar refractivity (Wildman–Crippen MR) is 63.1 cm³/mol. The van der Waals surface area contributed by atoms with Crippen LogP contribution in [-0.2, 0) is 4.74 Å². The van der Waals surface area contributed by atoms with Crippen LogP contribution in [0.1, 0.15) is 29.7 Å². The molecule has 0 unspecified atom stereocenters. The molecule has 0 N–H and O–H groups in total. The van der Waals surface area contributed by atoms with E-state index in [1.807, 2.05) is 0 Å². The molecule has 0 saturated carbocycles. The number of rotatable bonds is 1. The van der Waals surface area contributed by atoms with Crippen molar-refractivity contribution in [2.75, 3.05) is 7.11 Å². The first kappa shape index (κ1) is 12.3. The molecule has 0 spiro atoms. The van der Waals surface area contributed by atoms with Gasteiger partial charge in [0.25, 0.3) is 0 Å². The highest BCUT2D eigenvalue weighted by molar-refractivity contribution is 7.16. The number of ether oxygens (including phenoxy) is 1. The SMILES string of the molecule is COC(=O)c1cc2c(s1)C(=O)C(Cl)=C(Cl)C2=O. The largest absolute Gasteiger partial charge is 0.465 e. The number of esters is 1. The van der Waals surface area contributed by atoms with Crippen LogP contribution < -0.4 is 0 Å².